The van der Waals surface area contributed by atoms with E-state index < -0.39 is 0 Å². The minimum atomic E-state index is 0.699. The number of aryl methyl sites for hydroxylation is 3. The lowest BCUT2D eigenvalue weighted by molar-refractivity contribution is 1.01. The average molecular weight is 325 g/mol. The zero-order valence-electron chi connectivity index (χ0n) is 12.7. The first kappa shape index (κ1) is 15.0. The molecular weight excluding hydrogens is 310 g/mol. The predicted octanol–water partition coefficient (Wildman–Crippen LogP) is 4.78. The maximum Gasteiger partial charge on any atom is 0.128 e. The van der Waals surface area contributed by atoms with Crippen LogP contribution in [-0.4, -0.2) is 9.97 Å². The van der Waals surface area contributed by atoms with Gasteiger partial charge >= 0.3 is 0 Å². The summed E-state index contributed by atoms with van der Waals surface area (Å²) in [5, 5.41) is 11.2. The first-order valence-electron chi connectivity index (χ1n) is 6.94. The van der Waals surface area contributed by atoms with Gasteiger partial charge in [-0.3, -0.25) is 0 Å². The van der Waals surface area contributed by atoms with Crippen LogP contribution in [0.2, 0.25) is 0 Å². The summed E-state index contributed by atoms with van der Waals surface area (Å²) in [7, 11) is 0. The normalized spacial score (nSPS) is 10.8. The molecule has 0 bridgehead atoms. The molecule has 0 spiro atoms. The van der Waals surface area contributed by atoms with Gasteiger partial charge in [-0.2, -0.15) is 5.26 Å². The molecule has 0 N–H and O–H groups in total. The maximum atomic E-state index is 8.99. The second kappa shape index (κ2) is 6.07. The van der Waals surface area contributed by atoms with Gasteiger partial charge in [-0.25, -0.2) is 9.97 Å². The third kappa shape index (κ3) is 2.85. The van der Waals surface area contributed by atoms with Crippen molar-refractivity contribution in [1.82, 2.24) is 9.97 Å². The molecule has 0 aliphatic heterocycles. The monoisotopic (exact) mass is 325 g/mol. The van der Waals surface area contributed by atoms with Crippen LogP contribution in [0.5, 0.6) is 0 Å². The molecule has 2 heterocycles. The molecule has 0 saturated heterocycles. The summed E-state index contributed by atoms with van der Waals surface area (Å²) in [6.07, 6.45) is 0. The van der Waals surface area contributed by atoms with E-state index in [9.17, 15) is 0 Å². The molecule has 0 saturated carbocycles. The highest BCUT2D eigenvalue weighted by molar-refractivity contribution is 7.98. The molecule has 0 aliphatic rings. The summed E-state index contributed by atoms with van der Waals surface area (Å²) >= 11 is 3.44. The number of hydrogen-bond donors (Lipinski definition) is 0. The smallest absolute Gasteiger partial charge is 0.128 e. The number of nitriles is 1. The molecule has 0 atom stereocenters. The van der Waals surface area contributed by atoms with E-state index in [-0.39, 0.29) is 0 Å². The van der Waals surface area contributed by atoms with E-state index in [0.717, 1.165) is 27.0 Å². The molecule has 3 nitrogen and oxygen atoms in total. The van der Waals surface area contributed by atoms with Crippen molar-refractivity contribution in [1.29, 1.82) is 5.26 Å². The Morgan fingerprint density at radius 1 is 1.23 bits per heavy atom. The Bertz CT molecular complexity index is 891. The van der Waals surface area contributed by atoms with E-state index in [0.29, 0.717) is 5.56 Å². The zero-order chi connectivity index (χ0) is 15.7. The van der Waals surface area contributed by atoms with Crippen LogP contribution >= 0.6 is 23.1 Å². The summed E-state index contributed by atoms with van der Waals surface area (Å²) in [5.41, 5.74) is 3.11. The molecule has 22 heavy (non-hydrogen) atoms. The molecule has 110 valence electrons. The third-order valence-corrected chi connectivity index (χ3v) is 5.69. The van der Waals surface area contributed by atoms with E-state index in [4.69, 9.17) is 5.26 Å². The van der Waals surface area contributed by atoms with Crippen molar-refractivity contribution in [2.75, 3.05) is 0 Å². The second-order valence-electron chi connectivity index (χ2n) is 5.14. The van der Waals surface area contributed by atoms with Crippen molar-refractivity contribution in [3.05, 3.63) is 51.7 Å². The highest BCUT2D eigenvalue weighted by atomic mass is 32.2. The first-order chi connectivity index (χ1) is 10.6. The van der Waals surface area contributed by atoms with E-state index in [1.807, 2.05) is 31.2 Å². The summed E-state index contributed by atoms with van der Waals surface area (Å²) in [6, 6.07) is 9.92. The largest absolute Gasteiger partial charge is 0.226 e. The molecular formula is C17H15N3S2. The van der Waals surface area contributed by atoms with E-state index in [1.54, 1.807) is 23.1 Å². The fourth-order valence-electron chi connectivity index (χ4n) is 2.30. The van der Waals surface area contributed by atoms with Crippen molar-refractivity contribution in [2.24, 2.45) is 0 Å². The lowest BCUT2D eigenvalue weighted by Gasteiger charge is -2.05. The van der Waals surface area contributed by atoms with Gasteiger partial charge < -0.3 is 0 Å². The van der Waals surface area contributed by atoms with Crippen molar-refractivity contribution in [2.45, 2.75) is 31.6 Å². The number of thioether (sulfide) groups is 1. The predicted molar refractivity (Wildman–Crippen MR) is 92.3 cm³/mol. The van der Waals surface area contributed by atoms with Gasteiger partial charge in [0.05, 0.1) is 11.6 Å². The van der Waals surface area contributed by atoms with Gasteiger partial charge in [-0.15, -0.1) is 23.1 Å². The third-order valence-electron chi connectivity index (χ3n) is 3.54. The van der Waals surface area contributed by atoms with Crippen LogP contribution < -0.4 is 0 Å². The SMILES string of the molecule is Cc1nc(SCc2cccc(C#N)c2)c2c(C)c(C)sc2n1. The van der Waals surface area contributed by atoms with E-state index in [2.05, 4.69) is 29.9 Å². The number of hydrogen-bond acceptors (Lipinski definition) is 5. The van der Waals surface area contributed by atoms with Crippen LogP contribution in [-0.2, 0) is 5.75 Å². The topological polar surface area (TPSA) is 49.6 Å². The quantitative estimate of drug-likeness (QED) is 0.513. The fourth-order valence-corrected chi connectivity index (χ4v) is 4.51. The number of aromatic nitrogens is 2. The van der Waals surface area contributed by atoms with E-state index >= 15 is 0 Å². The van der Waals surface area contributed by atoms with Gasteiger partial charge in [0, 0.05) is 16.0 Å². The van der Waals surface area contributed by atoms with Gasteiger partial charge in [-0.05, 0) is 44.0 Å². The van der Waals surface area contributed by atoms with Gasteiger partial charge in [0.1, 0.15) is 15.7 Å². The lowest BCUT2D eigenvalue weighted by Crippen LogP contribution is -1.92. The summed E-state index contributed by atoms with van der Waals surface area (Å²) in [4.78, 5) is 11.5. The maximum absolute atomic E-state index is 8.99. The van der Waals surface area contributed by atoms with Crippen LogP contribution in [0.4, 0.5) is 0 Å². The summed E-state index contributed by atoms with van der Waals surface area (Å²) in [6.45, 7) is 6.19. The lowest BCUT2D eigenvalue weighted by atomic mass is 10.2. The molecule has 2 aromatic heterocycles. The molecule has 5 heteroatoms. The average Bonchev–Trinajstić information content (AvgIpc) is 2.79. The number of nitrogens with zero attached hydrogens (tertiary/aromatic N) is 3. The number of rotatable bonds is 3. The molecule has 0 aliphatic carbocycles. The molecule has 0 unspecified atom stereocenters. The minimum absolute atomic E-state index is 0.699. The van der Waals surface area contributed by atoms with Gasteiger partial charge in [0.2, 0.25) is 0 Å². The molecule has 3 aromatic rings. The highest BCUT2D eigenvalue weighted by Gasteiger charge is 2.13. The second-order valence-corrected chi connectivity index (χ2v) is 7.31. The van der Waals surface area contributed by atoms with Crippen molar-refractivity contribution in [3.63, 3.8) is 0 Å². The van der Waals surface area contributed by atoms with Crippen LogP contribution in [0.3, 0.4) is 0 Å². The molecule has 0 fully saturated rings. The Balaban J connectivity index is 1.95. The Labute approximate surface area is 138 Å². The van der Waals surface area contributed by atoms with Crippen LogP contribution in [0, 0.1) is 32.1 Å². The van der Waals surface area contributed by atoms with Crippen molar-refractivity contribution >= 4 is 33.3 Å². The number of thiophene rings is 1. The Morgan fingerprint density at radius 3 is 2.82 bits per heavy atom. The van der Waals surface area contributed by atoms with Crippen LogP contribution in [0.25, 0.3) is 10.2 Å². The van der Waals surface area contributed by atoms with Crippen molar-refractivity contribution < 1.29 is 0 Å². The summed E-state index contributed by atoms with van der Waals surface area (Å²) in [5.74, 6) is 1.61. The van der Waals surface area contributed by atoms with E-state index in [1.165, 1.54) is 15.8 Å². The molecule has 1 aromatic carbocycles. The van der Waals surface area contributed by atoms with Crippen LogP contribution in [0.1, 0.15) is 27.4 Å². The van der Waals surface area contributed by atoms with Crippen LogP contribution in [0.15, 0.2) is 29.3 Å². The zero-order valence-corrected chi connectivity index (χ0v) is 14.3. The Hall–Kier alpha value is -1.90. The Morgan fingerprint density at radius 2 is 2.05 bits per heavy atom. The molecule has 3 rings (SSSR count). The fraction of sp³-hybridized carbons (Fsp3) is 0.235. The minimum Gasteiger partial charge on any atom is -0.226 e. The highest BCUT2D eigenvalue weighted by Crippen LogP contribution is 2.36. The van der Waals surface area contributed by atoms with Gasteiger partial charge in [0.15, 0.2) is 0 Å². The number of fused-ring (bicyclic) bond motifs is 1. The first-order valence-corrected chi connectivity index (χ1v) is 8.75. The van der Waals surface area contributed by atoms with Crippen molar-refractivity contribution in [3.8, 4) is 6.07 Å². The van der Waals surface area contributed by atoms with Gasteiger partial charge in [0.25, 0.3) is 0 Å². The van der Waals surface area contributed by atoms with Gasteiger partial charge in [-0.1, -0.05) is 12.1 Å². The number of benzene rings is 1. The summed E-state index contributed by atoms with van der Waals surface area (Å²) < 4.78 is 0. The Kier molecular flexibility index (Phi) is 4.14. The molecule has 0 amide bonds. The standard InChI is InChI=1S/C17H15N3S2/c1-10-11(2)22-17-15(10)16(19-12(3)20-17)21-9-14-6-4-5-13(7-14)8-18/h4-7H,9H2,1-3H3. The molecule has 0 radical (unpaired) electrons.